The van der Waals surface area contributed by atoms with E-state index in [9.17, 15) is 9.59 Å². The third-order valence-electron chi connectivity index (χ3n) is 3.62. The lowest BCUT2D eigenvalue weighted by Gasteiger charge is -2.03. The van der Waals surface area contributed by atoms with Crippen molar-refractivity contribution in [2.24, 2.45) is 0 Å². The zero-order valence-electron chi connectivity index (χ0n) is 14.0. The van der Waals surface area contributed by atoms with E-state index in [0.29, 0.717) is 27.8 Å². The van der Waals surface area contributed by atoms with Crippen LogP contribution in [0.3, 0.4) is 0 Å². The van der Waals surface area contributed by atoms with Gasteiger partial charge in [-0.15, -0.1) is 0 Å². The van der Waals surface area contributed by atoms with E-state index in [2.05, 4.69) is 5.32 Å². The highest BCUT2D eigenvalue weighted by atomic mass is 35.5. The van der Waals surface area contributed by atoms with Crippen LogP contribution in [0.15, 0.2) is 71.2 Å². The number of furan rings is 1. The van der Waals surface area contributed by atoms with Gasteiger partial charge in [0.25, 0.3) is 0 Å². The number of anilines is 1. The molecule has 4 nitrogen and oxygen atoms in total. The Labute approximate surface area is 156 Å². The van der Waals surface area contributed by atoms with Gasteiger partial charge in [-0.25, -0.2) is 0 Å². The number of nitrogens with one attached hydrogen (secondary N) is 1. The Morgan fingerprint density at radius 1 is 1.04 bits per heavy atom. The third-order valence-corrected chi connectivity index (χ3v) is 3.87. The van der Waals surface area contributed by atoms with Crippen molar-refractivity contribution in [2.75, 3.05) is 5.32 Å². The summed E-state index contributed by atoms with van der Waals surface area (Å²) in [4.78, 5) is 23.4. The highest BCUT2D eigenvalue weighted by molar-refractivity contribution is 6.30. The number of carbonyl (C=O) groups is 2. The summed E-state index contributed by atoms with van der Waals surface area (Å²) in [7, 11) is 0. The summed E-state index contributed by atoms with van der Waals surface area (Å²) in [6, 6.07) is 17.7. The molecule has 5 heteroatoms. The Kier molecular flexibility index (Phi) is 5.34. The summed E-state index contributed by atoms with van der Waals surface area (Å²) in [6.07, 6.45) is 3.06. The molecular formula is C21H16ClNO3. The van der Waals surface area contributed by atoms with Crippen molar-refractivity contribution in [3.05, 3.63) is 83.1 Å². The zero-order valence-corrected chi connectivity index (χ0v) is 14.8. The second-order valence-electron chi connectivity index (χ2n) is 5.67. The molecular weight excluding hydrogens is 350 g/mol. The second-order valence-corrected chi connectivity index (χ2v) is 6.10. The number of hydrogen-bond acceptors (Lipinski definition) is 3. The van der Waals surface area contributed by atoms with E-state index in [4.69, 9.17) is 16.0 Å². The van der Waals surface area contributed by atoms with Gasteiger partial charge in [0.15, 0.2) is 5.78 Å². The monoisotopic (exact) mass is 365 g/mol. The molecule has 0 saturated carbocycles. The number of ketones is 1. The fourth-order valence-corrected chi connectivity index (χ4v) is 2.55. The molecule has 2 aromatic carbocycles. The van der Waals surface area contributed by atoms with Crippen LogP contribution in [0, 0.1) is 0 Å². The van der Waals surface area contributed by atoms with Crippen molar-refractivity contribution in [3.8, 4) is 11.3 Å². The minimum atomic E-state index is -0.185. The molecule has 0 unspecified atom stereocenters. The van der Waals surface area contributed by atoms with Crippen LogP contribution < -0.4 is 5.32 Å². The molecule has 0 spiro atoms. The van der Waals surface area contributed by atoms with E-state index in [1.54, 1.807) is 48.5 Å². The molecule has 1 heterocycles. The van der Waals surface area contributed by atoms with E-state index in [-0.39, 0.29) is 11.7 Å². The fourth-order valence-electron chi connectivity index (χ4n) is 2.42. The minimum Gasteiger partial charge on any atom is -0.457 e. The standard InChI is InChI=1S/C21H16ClNO3/c1-14(24)23-18-4-2-3-16(13-18)20(25)11-9-19-10-12-21(26-19)15-5-7-17(22)8-6-15/h2-13H,1H3,(H,23,24)/b11-9+. The van der Waals surface area contributed by atoms with Crippen LogP contribution in [0.4, 0.5) is 5.69 Å². The average Bonchev–Trinajstić information content (AvgIpc) is 3.09. The molecule has 1 N–H and O–H groups in total. The number of benzene rings is 2. The van der Waals surface area contributed by atoms with E-state index >= 15 is 0 Å². The number of allylic oxidation sites excluding steroid dienone is 1. The molecule has 3 aromatic rings. The van der Waals surface area contributed by atoms with E-state index in [1.165, 1.54) is 13.0 Å². The van der Waals surface area contributed by atoms with Crippen molar-refractivity contribution < 1.29 is 14.0 Å². The number of rotatable bonds is 5. The smallest absolute Gasteiger partial charge is 0.221 e. The number of hydrogen-bond donors (Lipinski definition) is 1. The largest absolute Gasteiger partial charge is 0.457 e. The van der Waals surface area contributed by atoms with Gasteiger partial charge in [0.2, 0.25) is 5.91 Å². The normalized spacial score (nSPS) is 10.8. The van der Waals surface area contributed by atoms with Crippen molar-refractivity contribution in [2.45, 2.75) is 6.92 Å². The van der Waals surface area contributed by atoms with Gasteiger partial charge < -0.3 is 9.73 Å². The SMILES string of the molecule is CC(=O)Nc1cccc(C(=O)/C=C/c2ccc(-c3ccc(Cl)cc3)o2)c1. The first-order valence-corrected chi connectivity index (χ1v) is 8.35. The maximum Gasteiger partial charge on any atom is 0.221 e. The van der Waals surface area contributed by atoms with Crippen LogP contribution in [0.25, 0.3) is 17.4 Å². The summed E-state index contributed by atoms with van der Waals surface area (Å²) in [5.41, 5.74) is 1.97. The van der Waals surface area contributed by atoms with Gasteiger partial charge in [0.05, 0.1) is 0 Å². The van der Waals surface area contributed by atoms with Crippen LogP contribution in [0.2, 0.25) is 5.02 Å². The molecule has 0 fully saturated rings. The Bertz CT molecular complexity index is 971. The van der Waals surface area contributed by atoms with E-state index in [1.807, 2.05) is 18.2 Å². The van der Waals surface area contributed by atoms with Gasteiger partial charge in [-0.3, -0.25) is 9.59 Å². The first-order chi connectivity index (χ1) is 12.5. The summed E-state index contributed by atoms with van der Waals surface area (Å²) in [6.45, 7) is 1.42. The van der Waals surface area contributed by atoms with Crippen LogP contribution in [0.1, 0.15) is 23.0 Å². The fraction of sp³-hybridized carbons (Fsp3) is 0.0476. The number of halogens is 1. The first-order valence-electron chi connectivity index (χ1n) is 7.97. The molecule has 0 aliphatic heterocycles. The third kappa shape index (κ3) is 4.49. The molecule has 1 amide bonds. The Morgan fingerprint density at radius 3 is 2.54 bits per heavy atom. The summed E-state index contributed by atoms with van der Waals surface area (Å²) in [5.74, 6) is 0.903. The van der Waals surface area contributed by atoms with Crippen molar-refractivity contribution in [1.82, 2.24) is 0 Å². The lowest BCUT2D eigenvalue weighted by atomic mass is 10.1. The number of amides is 1. The van der Waals surface area contributed by atoms with Gasteiger partial charge in [0.1, 0.15) is 11.5 Å². The van der Waals surface area contributed by atoms with Crippen LogP contribution in [-0.2, 0) is 4.79 Å². The van der Waals surface area contributed by atoms with Gasteiger partial charge in [-0.1, -0.05) is 23.7 Å². The van der Waals surface area contributed by atoms with Gasteiger partial charge in [-0.2, -0.15) is 0 Å². The van der Waals surface area contributed by atoms with Crippen LogP contribution in [-0.4, -0.2) is 11.7 Å². The average molecular weight is 366 g/mol. The lowest BCUT2D eigenvalue weighted by molar-refractivity contribution is -0.114. The lowest BCUT2D eigenvalue weighted by Crippen LogP contribution is -2.06. The topological polar surface area (TPSA) is 59.3 Å². The molecule has 26 heavy (non-hydrogen) atoms. The second kappa shape index (κ2) is 7.85. The van der Waals surface area contributed by atoms with E-state index < -0.39 is 0 Å². The maximum absolute atomic E-state index is 12.3. The molecule has 0 saturated heterocycles. The van der Waals surface area contributed by atoms with Gasteiger partial charge in [0, 0.05) is 28.8 Å². The Hall–Kier alpha value is -3.11. The highest BCUT2D eigenvalue weighted by Gasteiger charge is 2.06. The molecule has 0 bridgehead atoms. The van der Waals surface area contributed by atoms with Crippen molar-refractivity contribution in [1.29, 1.82) is 0 Å². The Balaban J connectivity index is 1.73. The first kappa shape index (κ1) is 17.7. The molecule has 0 aliphatic rings. The molecule has 3 rings (SSSR count). The minimum absolute atomic E-state index is 0.179. The van der Waals surface area contributed by atoms with Crippen molar-refractivity contribution in [3.63, 3.8) is 0 Å². The molecule has 0 radical (unpaired) electrons. The quantitative estimate of drug-likeness (QED) is 0.482. The predicted molar refractivity (Wildman–Crippen MR) is 103 cm³/mol. The van der Waals surface area contributed by atoms with Crippen LogP contribution in [0.5, 0.6) is 0 Å². The molecule has 0 aliphatic carbocycles. The summed E-state index contributed by atoms with van der Waals surface area (Å²) < 4.78 is 5.73. The van der Waals surface area contributed by atoms with Gasteiger partial charge >= 0.3 is 0 Å². The zero-order chi connectivity index (χ0) is 18.5. The van der Waals surface area contributed by atoms with Gasteiger partial charge in [-0.05, 0) is 60.7 Å². The number of carbonyl (C=O) groups excluding carboxylic acids is 2. The van der Waals surface area contributed by atoms with Crippen LogP contribution >= 0.6 is 11.6 Å². The Morgan fingerprint density at radius 2 is 1.81 bits per heavy atom. The molecule has 0 atom stereocenters. The maximum atomic E-state index is 12.3. The summed E-state index contributed by atoms with van der Waals surface area (Å²) >= 11 is 5.88. The predicted octanol–water partition coefficient (Wildman–Crippen LogP) is 5.45. The van der Waals surface area contributed by atoms with Crippen molar-refractivity contribution >= 4 is 35.1 Å². The highest BCUT2D eigenvalue weighted by Crippen LogP contribution is 2.24. The molecule has 130 valence electrons. The summed E-state index contributed by atoms with van der Waals surface area (Å²) in [5, 5.41) is 3.32. The molecule has 1 aromatic heterocycles. The van der Waals surface area contributed by atoms with E-state index in [0.717, 1.165) is 5.56 Å².